The molecule has 1 saturated heterocycles. The van der Waals surface area contributed by atoms with Crippen molar-refractivity contribution in [1.82, 2.24) is 10.3 Å². The second-order valence-corrected chi connectivity index (χ2v) is 4.35. The van der Waals surface area contributed by atoms with Crippen LogP contribution in [0.2, 0.25) is 0 Å². The largest absolute Gasteiger partial charge is 0.397 e. The van der Waals surface area contributed by atoms with E-state index in [0.29, 0.717) is 23.6 Å². The van der Waals surface area contributed by atoms with E-state index in [1.54, 1.807) is 19.2 Å². The maximum absolute atomic E-state index is 12.1. The van der Waals surface area contributed by atoms with Gasteiger partial charge in [0.15, 0.2) is 0 Å². The van der Waals surface area contributed by atoms with Crippen LogP contribution >= 0.6 is 0 Å². The van der Waals surface area contributed by atoms with Gasteiger partial charge in [-0.15, -0.1) is 0 Å². The zero-order chi connectivity index (χ0) is 12.4. The summed E-state index contributed by atoms with van der Waals surface area (Å²) in [7, 11) is 0. The van der Waals surface area contributed by atoms with Crippen molar-refractivity contribution in [3.8, 4) is 0 Å². The summed E-state index contributed by atoms with van der Waals surface area (Å²) in [6, 6.07) is 1.72. The zero-order valence-corrected chi connectivity index (χ0v) is 10.1. The lowest BCUT2D eigenvalue weighted by Gasteiger charge is -2.16. The lowest BCUT2D eigenvalue weighted by molar-refractivity contribution is 0.0865. The standard InChI is InChI=1S/C12H17N3O2/c1-7-10(5-9(13)6-14-7)12(16)15-11-3-4-17-8(11)2/h5-6,8,11H,3-4,13H2,1-2H3,(H,15,16). The molecule has 0 radical (unpaired) electrons. The molecule has 17 heavy (non-hydrogen) atoms. The van der Waals surface area contributed by atoms with E-state index >= 15 is 0 Å². The van der Waals surface area contributed by atoms with Crippen LogP contribution in [0.15, 0.2) is 12.3 Å². The number of hydrogen-bond donors (Lipinski definition) is 2. The van der Waals surface area contributed by atoms with Crippen molar-refractivity contribution in [1.29, 1.82) is 0 Å². The number of nitrogen functional groups attached to an aromatic ring is 1. The van der Waals surface area contributed by atoms with E-state index in [4.69, 9.17) is 10.5 Å². The van der Waals surface area contributed by atoms with Gasteiger partial charge >= 0.3 is 0 Å². The summed E-state index contributed by atoms with van der Waals surface area (Å²) in [5.74, 6) is -0.135. The van der Waals surface area contributed by atoms with Crippen LogP contribution in [0.25, 0.3) is 0 Å². The third kappa shape index (κ3) is 2.55. The predicted octanol–water partition coefficient (Wildman–Crippen LogP) is 0.879. The molecular weight excluding hydrogens is 218 g/mol. The first-order valence-corrected chi connectivity index (χ1v) is 5.72. The fourth-order valence-corrected chi connectivity index (χ4v) is 1.95. The SMILES string of the molecule is Cc1ncc(N)cc1C(=O)NC1CCOC1C. The quantitative estimate of drug-likeness (QED) is 0.797. The van der Waals surface area contributed by atoms with Gasteiger partial charge in [0, 0.05) is 6.61 Å². The van der Waals surface area contributed by atoms with Gasteiger partial charge in [0.25, 0.3) is 5.91 Å². The van der Waals surface area contributed by atoms with Gasteiger partial charge in [-0.2, -0.15) is 0 Å². The van der Waals surface area contributed by atoms with Crippen LogP contribution in [0.1, 0.15) is 29.4 Å². The molecule has 1 aliphatic heterocycles. The molecule has 92 valence electrons. The third-order valence-electron chi connectivity index (χ3n) is 3.05. The van der Waals surface area contributed by atoms with Crippen molar-refractivity contribution in [3.05, 3.63) is 23.5 Å². The molecule has 1 fully saturated rings. The number of anilines is 1. The molecule has 3 N–H and O–H groups in total. The summed E-state index contributed by atoms with van der Waals surface area (Å²) < 4.78 is 5.40. The number of amides is 1. The second kappa shape index (κ2) is 4.71. The number of aromatic nitrogens is 1. The number of hydrogen-bond acceptors (Lipinski definition) is 4. The van der Waals surface area contributed by atoms with E-state index in [9.17, 15) is 4.79 Å². The monoisotopic (exact) mass is 235 g/mol. The van der Waals surface area contributed by atoms with E-state index in [1.165, 1.54) is 0 Å². The minimum atomic E-state index is -0.135. The molecule has 0 spiro atoms. The summed E-state index contributed by atoms with van der Waals surface area (Å²) in [5.41, 5.74) is 7.35. The molecule has 0 aliphatic carbocycles. The Bertz CT molecular complexity index is 434. The molecule has 1 amide bonds. The lowest BCUT2D eigenvalue weighted by atomic mass is 10.1. The Labute approximate surface area is 100 Å². The summed E-state index contributed by atoms with van der Waals surface area (Å²) in [6.45, 7) is 4.45. The Morgan fingerprint density at radius 3 is 3.06 bits per heavy atom. The number of nitrogens with one attached hydrogen (secondary N) is 1. The lowest BCUT2D eigenvalue weighted by Crippen LogP contribution is -2.39. The fourth-order valence-electron chi connectivity index (χ4n) is 1.95. The van der Waals surface area contributed by atoms with Gasteiger partial charge in [-0.3, -0.25) is 9.78 Å². The summed E-state index contributed by atoms with van der Waals surface area (Å²) >= 11 is 0. The number of nitrogens with zero attached hydrogens (tertiary/aromatic N) is 1. The Hall–Kier alpha value is -1.62. The van der Waals surface area contributed by atoms with Gasteiger partial charge in [-0.1, -0.05) is 0 Å². The number of aryl methyl sites for hydroxylation is 1. The highest BCUT2D eigenvalue weighted by molar-refractivity contribution is 5.96. The van der Waals surface area contributed by atoms with Gasteiger partial charge < -0.3 is 15.8 Å². The first-order chi connectivity index (χ1) is 8.08. The molecule has 5 heteroatoms. The highest BCUT2D eigenvalue weighted by Gasteiger charge is 2.26. The van der Waals surface area contributed by atoms with Crippen molar-refractivity contribution in [2.24, 2.45) is 0 Å². The molecule has 2 unspecified atom stereocenters. The zero-order valence-electron chi connectivity index (χ0n) is 10.1. The summed E-state index contributed by atoms with van der Waals surface area (Å²) in [6.07, 6.45) is 2.46. The maximum Gasteiger partial charge on any atom is 0.253 e. The third-order valence-corrected chi connectivity index (χ3v) is 3.05. The first-order valence-electron chi connectivity index (χ1n) is 5.72. The smallest absolute Gasteiger partial charge is 0.253 e. The van der Waals surface area contributed by atoms with Crippen LogP contribution in [0.5, 0.6) is 0 Å². The average Bonchev–Trinajstić information content (AvgIpc) is 2.68. The van der Waals surface area contributed by atoms with Crippen LogP contribution in [0, 0.1) is 6.92 Å². The van der Waals surface area contributed by atoms with E-state index in [0.717, 1.165) is 6.42 Å². The molecule has 1 aliphatic rings. The van der Waals surface area contributed by atoms with Crippen molar-refractivity contribution in [3.63, 3.8) is 0 Å². The molecule has 2 rings (SSSR count). The fraction of sp³-hybridized carbons (Fsp3) is 0.500. The normalized spacial score (nSPS) is 23.6. The Kier molecular flexibility index (Phi) is 3.28. The van der Waals surface area contributed by atoms with E-state index < -0.39 is 0 Å². The predicted molar refractivity (Wildman–Crippen MR) is 64.7 cm³/mol. The molecule has 0 bridgehead atoms. The Morgan fingerprint density at radius 1 is 1.65 bits per heavy atom. The number of carbonyl (C=O) groups is 1. The second-order valence-electron chi connectivity index (χ2n) is 4.35. The number of rotatable bonds is 2. The molecule has 1 aromatic heterocycles. The van der Waals surface area contributed by atoms with Crippen LogP contribution in [0.4, 0.5) is 5.69 Å². The summed E-state index contributed by atoms with van der Waals surface area (Å²) in [4.78, 5) is 16.1. The highest BCUT2D eigenvalue weighted by Crippen LogP contribution is 2.15. The first kappa shape index (κ1) is 11.9. The molecule has 0 saturated carbocycles. The van der Waals surface area contributed by atoms with E-state index in [2.05, 4.69) is 10.3 Å². The topological polar surface area (TPSA) is 77.2 Å². The number of nitrogens with two attached hydrogens (primary N) is 1. The van der Waals surface area contributed by atoms with Crippen LogP contribution < -0.4 is 11.1 Å². The van der Waals surface area contributed by atoms with Gasteiger partial charge in [0.2, 0.25) is 0 Å². The van der Waals surface area contributed by atoms with Gasteiger partial charge in [0.05, 0.1) is 35.3 Å². The molecule has 1 aromatic rings. The van der Waals surface area contributed by atoms with Gasteiger partial charge in [0.1, 0.15) is 0 Å². The number of carbonyl (C=O) groups excluding carboxylic acids is 1. The van der Waals surface area contributed by atoms with Gasteiger partial charge in [-0.25, -0.2) is 0 Å². The van der Waals surface area contributed by atoms with Crippen molar-refractivity contribution < 1.29 is 9.53 Å². The molecule has 0 aromatic carbocycles. The minimum absolute atomic E-state index is 0.0632. The molecular formula is C12H17N3O2. The van der Waals surface area contributed by atoms with Crippen LogP contribution in [-0.2, 0) is 4.74 Å². The molecule has 2 atom stereocenters. The van der Waals surface area contributed by atoms with Crippen LogP contribution in [-0.4, -0.2) is 29.6 Å². The Balaban J connectivity index is 2.11. The molecule has 2 heterocycles. The van der Waals surface area contributed by atoms with Crippen LogP contribution in [0.3, 0.4) is 0 Å². The van der Waals surface area contributed by atoms with Crippen molar-refractivity contribution in [2.45, 2.75) is 32.4 Å². The Morgan fingerprint density at radius 2 is 2.41 bits per heavy atom. The minimum Gasteiger partial charge on any atom is -0.397 e. The van der Waals surface area contributed by atoms with E-state index in [-0.39, 0.29) is 18.1 Å². The number of pyridine rings is 1. The maximum atomic E-state index is 12.1. The molecule has 5 nitrogen and oxygen atoms in total. The van der Waals surface area contributed by atoms with Crippen molar-refractivity contribution in [2.75, 3.05) is 12.3 Å². The summed E-state index contributed by atoms with van der Waals surface area (Å²) in [5, 5.41) is 2.95. The number of ether oxygens (including phenoxy) is 1. The van der Waals surface area contributed by atoms with Gasteiger partial charge in [-0.05, 0) is 26.3 Å². The average molecular weight is 235 g/mol. The van der Waals surface area contributed by atoms with E-state index in [1.807, 2.05) is 6.92 Å². The van der Waals surface area contributed by atoms with Crippen molar-refractivity contribution >= 4 is 11.6 Å². The highest BCUT2D eigenvalue weighted by atomic mass is 16.5.